The second-order valence-electron chi connectivity index (χ2n) is 4.68. The minimum atomic E-state index is -3.88. The molecule has 1 aromatic rings. The number of nitrogen functional groups attached to an aromatic ring is 1. The second kappa shape index (κ2) is 6.56. The minimum Gasteiger partial charge on any atom is -0.478 e. The van der Waals surface area contributed by atoms with Crippen LogP contribution in [0.4, 0.5) is 5.69 Å². The van der Waals surface area contributed by atoms with Crippen LogP contribution in [0.25, 0.3) is 0 Å². The molecule has 0 fully saturated rings. The summed E-state index contributed by atoms with van der Waals surface area (Å²) in [4.78, 5) is 10.7. The van der Waals surface area contributed by atoms with Gasteiger partial charge in [-0.05, 0) is 32.0 Å². The molecule has 1 aromatic carbocycles. The number of nitrogens with two attached hydrogens (primary N) is 1. The van der Waals surface area contributed by atoms with E-state index in [-0.39, 0.29) is 35.2 Å². The molecule has 114 valence electrons. The summed E-state index contributed by atoms with van der Waals surface area (Å²) < 4.78 is 26.3. The average Bonchev–Trinajstić information content (AvgIpc) is 2.37. The molecule has 3 N–H and O–H groups in total. The number of nitriles is 1. The van der Waals surface area contributed by atoms with Crippen LogP contribution >= 0.6 is 0 Å². The van der Waals surface area contributed by atoms with E-state index < -0.39 is 16.0 Å². The zero-order valence-corrected chi connectivity index (χ0v) is 12.6. The van der Waals surface area contributed by atoms with E-state index in [9.17, 15) is 13.2 Å². The van der Waals surface area contributed by atoms with Crippen LogP contribution in [0, 0.1) is 11.3 Å². The fourth-order valence-electron chi connectivity index (χ4n) is 1.86. The van der Waals surface area contributed by atoms with Crippen LogP contribution in [0.2, 0.25) is 0 Å². The number of rotatable bonds is 6. The molecule has 0 amide bonds. The molecule has 0 heterocycles. The zero-order valence-electron chi connectivity index (χ0n) is 11.8. The minimum absolute atomic E-state index is 0.0522. The van der Waals surface area contributed by atoms with Crippen LogP contribution < -0.4 is 5.73 Å². The van der Waals surface area contributed by atoms with Crippen LogP contribution in [0.1, 0.15) is 30.6 Å². The standard InChI is InChI=1S/C13H17N3O4S/c1-9(2)16(7-3-6-14)21(19,20)12-5-4-10(13(17)18)8-11(12)15/h4-5,8-9H,3,7,15H2,1-2H3,(H,17,18). The summed E-state index contributed by atoms with van der Waals surface area (Å²) in [6, 6.07) is 5.03. The highest BCUT2D eigenvalue weighted by molar-refractivity contribution is 7.89. The van der Waals surface area contributed by atoms with Crippen LogP contribution in [0.5, 0.6) is 0 Å². The normalized spacial score (nSPS) is 11.6. The fourth-order valence-corrected chi connectivity index (χ4v) is 3.60. The van der Waals surface area contributed by atoms with Crippen LogP contribution in [-0.4, -0.2) is 36.4 Å². The molecule has 0 radical (unpaired) electrons. The van der Waals surface area contributed by atoms with E-state index >= 15 is 0 Å². The largest absolute Gasteiger partial charge is 0.478 e. The summed E-state index contributed by atoms with van der Waals surface area (Å²) in [6.45, 7) is 3.43. The lowest BCUT2D eigenvalue weighted by atomic mass is 10.2. The van der Waals surface area contributed by atoms with Gasteiger partial charge in [0.05, 0.1) is 17.3 Å². The van der Waals surface area contributed by atoms with Gasteiger partial charge in [0.1, 0.15) is 4.90 Å². The highest BCUT2D eigenvalue weighted by Crippen LogP contribution is 2.25. The molecule has 7 nitrogen and oxygen atoms in total. The molecule has 0 aliphatic carbocycles. The molecule has 0 aromatic heterocycles. The molecule has 0 aliphatic rings. The lowest BCUT2D eigenvalue weighted by molar-refractivity contribution is 0.0697. The third-order valence-corrected chi connectivity index (χ3v) is 5.01. The van der Waals surface area contributed by atoms with Crippen LogP contribution in [0.3, 0.4) is 0 Å². The van der Waals surface area contributed by atoms with Gasteiger partial charge in [-0.3, -0.25) is 0 Å². The molecule has 0 unspecified atom stereocenters. The molecule has 0 bridgehead atoms. The summed E-state index contributed by atoms with van der Waals surface area (Å²) in [5.74, 6) is -1.18. The molecular formula is C13H17N3O4S. The first kappa shape index (κ1) is 16.9. The van der Waals surface area contributed by atoms with E-state index in [2.05, 4.69) is 0 Å². The van der Waals surface area contributed by atoms with E-state index in [4.69, 9.17) is 16.1 Å². The van der Waals surface area contributed by atoms with E-state index in [1.165, 1.54) is 16.4 Å². The molecule has 0 atom stereocenters. The molecule has 0 spiro atoms. The Labute approximate surface area is 123 Å². The first-order valence-corrected chi connectivity index (χ1v) is 7.67. The highest BCUT2D eigenvalue weighted by atomic mass is 32.2. The summed E-state index contributed by atoms with van der Waals surface area (Å²) in [6.07, 6.45) is 0.0600. The van der Waals surface area contributed by atoms with Gasteiger partial charge in [0.25, 0.3) is 0 Å². The number of anilines is 1. The maximum atomic E-state index is 12.6. The Hall–Kier alpha value is -2.11. The highest BCUT2D eigenvalue weighted by Gasteiger charge is 2.28. The first-order chi connectivity index (χ1) is 9.71. The van der Waals surface area contributed by atoms with Crippen molar-refractivity contribution in [1.82, 2.24) is 4.31 Å². The summed E-state index contributed by atoms with van der Waals surface area (Å²) in [7, 11) is -3.88. The molecular weight excluding hydrogens is 294 g/mol. The van der Waals surface area contributed by atoms with Gasteiger partial charge in [-0.1, -0.05) is 0 Å². The smallest absolute Gasteiger partial charge is 0.335 e. The number of hydrogen-bond acceptors (Lipinski definition) is 5. The summed E-state index contributed by atoms with van der Waals surface area (Å²) in [5.41, 5.74) is 5.47. The Bertz CT molecular complexity index is 677. The molecule has 21 heavy (non-hydrogen) atoms. The number of hydrogen-bond donors (Lipinski definition) is 2. The van der Waals surface area contributed by atoms with Crippen molar-refractivity contribution in [3.8, 4) is 6.07 Å². The van der Waals surface area contributed by atoms with Crippen LogP contribution in [-0.2, 0) is 10.0 Å². The number of carboxylic acid groups (broad SMARTS) is 1. The van der Waals surface area contributed by atoms with Crippen molar-refractivity contribution in [2.24, 2.45) is 0 Å². The zero-order chi connectivity index (χ0) is 16.2. The number of aromatic carboxylic acids is 1. The molecule has 0 aliphatic heterocycles. The van der Waals surface area contributed by atoms with E-state index in [0.29, 0.717) is 0 Å². The quantitative estimate of drug-likeness (QED) is 0.762. The SMILES string of the molecule is CC(C)N(CCC#N)S(=O)(=O)c1ccc(C(=O)O)cc1N. The van der Waals surface area contributed by atoms with Crippen molar-refractivity contribution < 1.29 is 18.3 Å². The molecule has 8 heteroatoms. The Morgan fingerprint density at radius 1 is 1.48 bits per heavy atom. The van der Waals surface area contributed by atoms with Gasteiger partial charge in [0, 0.05) is 19.0 Å². The van der Waals surface area contributed by atoms with Crippen molar-refractivity contribution in [1.29, 1.82) is 5.26 Å². The lowest BCUT2D eigenvalue weighted by Gasteiger charge is -2.25. The number of carbonyl (C=O) groups is 1. The maximum Gasteiger partial charge on any atom is 0.335 e. The molecule has 1 rings (SSSR count). The Morgan fingerprint density at radius 2 is 2.10 bits per heavy atom. The van der Waals surface area contributed by atoms with Crippen molar-refractivity contribution in [3.63, 3.8) is 0 Å². The summed E-state index contributed by atoms with van der Waals surface area (Å²) >= 11 is 0. The van der Waals surface area contributed by atoms with E-state index in [1.54, 1.807) is 13.8 Å². The van der Waals surface area contributed by atoms with Gasteiger partial charge >= 0.3 is 5.97 Å². The maximum absolute atomic E-state index is 12.6. The van der Waals surface area contributed by atoms with Crippen molar-refractivity contribution >= 4 is 21.7 Å². The Balaban J connectivity index is 3.29. The number of sulfonamides is 1. The molecule has 0 saturated heterocycles. The van der Waals surface area contributed by atoms with Gasteiger partial charge in [0.2, 0.25) is 10.0 Å². The van der Waals surface area contributed by atoms with Crippen molar-refractivity contribution in [2.75, 3.05) is 12.3 Å². The predicted molar refractivity (Wildman–Crippen MR) is 77.1 cm³/mol. The first-order valence-electron chi connectivity index (χ1n) is 6.23. The fraction of sp³-hybridized carbons (Fsp3) is 0.385. The number of benzene rings is 1. The van der Waals surface area contributed by atoms with Crippen molar-refractivity contribution in [2.45, 2.75) is 31.2 Å². The van der Waals surface area contributed by atoms with Gasteiger partial charge in [-0.25, -0.2) is 13.2 Å². The third kappa shape index (κ3) is 3.71. The average molecular weight is 311 g/mol. The van der Waals surface area contributed by atoms with Gasteiger partial charge < -0.3 is 10.8 Å². The Kier molecular flexibility index (Phi) is 5.29. The van der Waals surface area contributed by atoms with Gasteiger partial charge in [-0.2, -0.15) is 9.57 Å². The lowest BCUT2D eigenvalue weighted by Crippen LogP contribution is -2.38. The predicted octanol–water partition coefficient (Wildman–Crippen LogP) is 1.28. The van der Waals surface area contributed by atoms with Crippen LogP contribution in [0.15, 0.2) is 23.1 Å². The summed E-state index contributed by atoms with van der Waals surface area (Å²) in [5, 5.41) is 17.5. The second-order valence-corrected chi connectivity index (χ2v) is 6.53. The van der Waals surface area contributed by atoms with E-state index in [0.717, 1.165) is 6.07 Å². The van der Waals surface area contributed by atoms with E-state index in [1.807, 2.05) is 6.07 Å². The molecule has 0 saturated carbocycles. The third-order valence-electron chi connectivity index (χ3n) is 2.86. The monoisotopic (exact) mass is 311 g/mol. The Morgan fingerprint density at radius 3 is 2.52 bits per heavy atom. The van der Waals surface area contributed by atoms with Gasteiger partial charge in [-0.15, -0.1) is 0 Å². The van der Waals surface area contributed by atoms with Crippen molar-refractivity contribution in [3.05, 3.63) is 23.8 Å². The van der Waals surface area contributed by atoms with Gasteiger partial charge in [0.15, 0.2) is 0 Å². The topological polar surface area (TPSA) is 124 Å². The number of carboxylic acids is 1. The number of nitrogens with zero attached hydrogens (tertiary/aromatic N) is 2.